The number of H-pyrrole nitrogens is 1. The van der Waals surface area contributed by atoms with Gasteiger partial charge in [0, 0.05) is 12.0 Å². The zero-order chi connectivity index (χ0) is 16.4. The summed E-state index contributed by atoms with van der Waals surface area (Å²) in [5.41, 5.74) is 2.00. The Morgan fingerprint density at radius 2 is 2.22 bits per heavy atom. The molecule has 1 aromatic carbocycles. The van der Waals surface area contributed by atoms with Crippen molar-refractivity contribution in [3.8, 4) is 5.75 Å². The van der Waals surface area contributed by atoms with Crippen molar-refractivity contribution in [2.24, 2.45) is 5.92 Å². The summed E-state index contributed by atoms with van der Waals surface area (Å²) in [6, 6.07) is 5.97. The Morgan fingerprint density at radius 1 is 1.39 bits per heavy atom. The van der Waals surface area contributed by atoms with E-state index in [9.17, 15) is 9.59 Å². The minimum absolute atomic E-state index is 0.0139. The van der Waals surface area contributed by atoms with Gasteiger partial charge in [0.25, 0.3) is 5.56 Å². The highest BCUT2D eigenvalue weighted by atomic mass is 32.1. The van der Waals surface area contributed by atoms with Crippen LogP contribution in [0.4, 0.5) is 0 Å². The Kier molecular flexibility index (Phi) is 4.48. The molecule has 4 nitrogen and oxygen atoms in total. The van der Waals surface area contributed by atoms with E-state index in [1.54, 1.807) is 0 Å². The lowest BCUT2D eigenvalue weighted by Crippen LogP contribution is -2.20. The molecule has 1 aromatic heterocycles. The number of nitrogens with one attached hydrogen (secondary N) is 1. The molecule has 1 aliphatic heterocycles. The van der Waals surface area contributed by atoms with Crippen molar-refractivity contribution in [1.29, 1.82) is 0 Å². The van der Waals surface area contributed by atoms with Gasteiger partial charge in [-0.2, -0.15) is 0 Å². The molecule has 120 valence electrons. The predicted octanol–water partition coefficient (Wildman–Crippen LogP) is 1.60. The van der Waals surface area contributed by atoms with Gasteiger partial charge in [-0.15, -0.1) is 11.3 Å². The van der Waals surface area contributed by atoms with Gasteiger partial charge < -0.3 is 9.72 Å². The molecule has 0 radical (unpaired) electrons. The summed E-state index contributed by atoms with van der Waals surface area (Å²) >= 11 is 1.31. The molecule has 0 fully saturated rings. The number of aromatic amines is 1. The van der Waals surface area contributed by atoms with E-state index in [-0.39, 0.29) is 17.3 Å². The van der Waals surface area contributed by atoms with Crippen molar-refractivity contribution in [2.75, 3.05) is 6.61 Å². The van der Waals surface area contributed by atoms with E-state index in [0.717, 1.165) is 30.8 Å². The van der Waals surface area contributed by atoms with Gasteiger partial charge in [0.2, 0.25) is 0 Å². The Morgan fingerprint density at radius 3 is 3.00 bits per heavy atom. The third-order valence-corrected chi connectivity index (χ3v) is 4.72. The smallest absolute Gasteiger partial charge is 0.266 e. The van der Waals surface area contributed by atoms with Crippen LogP contribution in [0.2, 0.25) is 0 Å². The molecule has 0 saturated carbocycles. The maximum Gasteiger partial charge on any atom is 0.266 e. The van der Waals surface area contributed by atoms with Gasteiger partial charge >= 0.3 is 0 Å². The van der Waals surface area contributed by atoms with Crippen LogP contribution in [-0.2, 0) is 11.2 Å². The van der Waals surface area contributed by atoms with E-state index in [4.69, 9.17) is 4.74 Å². The molecule has 0 spiro atoms. The van der Waals surface area contributed by atoms with Gasteiger partial charge in [0.1, 0.15) is 5.75 Å². The second-order valence-corrected chi connectivity index (χ2v) is 7.03. The topological polar surface area (TPSA) is 59.2 Å². The molecule has 23 heavy (non-hydrogen) atoms. The molecule has 0 bridgehead atoms. The van der Waals surface area contributed by atoms with E-state index in [1.165, 1.54) is 23.0 Å². The van der Waals surface area contributed by atoms with E-state index >= 15 is 0 Å². The van der Waals surface area contributed by atoms with E-state index in [0.29, 0.717) is 9.20 Å². The first-order chi connectivity index (χ1) is 11.0. The number of thiazole rings is 1. The highest BCUT2D eigenvalue weighted by molar-refractivity contribution is 7.07. The van der Waals surface area contributed by atoms with Crippen molar-refractivity contribution in [2.45, 2.75) is 26.7 Å². The highest BCUT2D eigenvalue weighted by Crippen LogP contribution is 2.25. The van der Waals surface area contributed by atoms with E-state index in [1.807, 2.05) is 32.1 Å². The summed E-state index contributed by atoms with van der Waals surface area (Å²) in [6.07, 6.45) is 5.39. The number of hydrogen-bond donors (Lipinski definition) is 1. The fourth-order valence-electron chi connectivity index (χ4n) is 2.44. The molecule has 0 unspecified atom stereocenters. The van der Waals surface area contributed by atoms with E-state index in [2.05, 4.69) is 11.1 Å². The molecular formula is C18H19NO3S. The lowest BCUT2D eigenvalue weighted by atomic mass is 10.0. The minimum Gasteiger partial charge on any atom is -0.493 e. The summed E-state index contributed by atoms with van der Waals surface area (Å²) in [4.78, 5) is 26.6. The van der Waals surface area contributed by atoms with E-state index < -0.39 is 0 Å². The van der Waals surface area contributed by atoms with Crippen LogP contribution >= 0.6 is 11.3 Å². The molecule has 2 aromatic rings. The normalized spacial score (nSPS) is 15.6. The van der Waals surface area contributed by atoms with Crippen LogP contribution in [0.25, 0.3) is 12.2 Å². The quantitative estimate of drug-likeness (QED) is 0.930. The first kappa shape index (κ1) is 15.7. The molecule has 1 N–H and O–H groups in total. The molecular weight excluding hydrogens is 310 g/mol. The molecule has 0 aliphatic carbocycles. The van der Waals surface area contributed by atoms with Gasteiger partial charge in [-0.25, -0.2) is 0 Å². The molecule has 0 saturated heterocycles. The summed E-state index contributed by atoms with van der Waals surface area (Å²) in [5, 5.41) is 0. The van der Waals surface area contributed by atoms with Crippen LogP contribution in [0.1, 0.15) is 31.4 Å². The number of Topliss-reactive ketones (excluding diaryl/α,β-unsaturated/α-hetero) is 1. The molecule has 3 rings (SSSR count). The second kappa shape index (κ2) is 6.54. The number of fused-ring (bicyclic) bond motifs is 1. The largest absolute Gasteiger partial charge is 0.493 e. The van der Waals surface area contributed by atoms with Crippen LogP contribution in [0.5, 0.6) is 5.75 Å². The Labute approximate surface area is 138 Å². The Bertz CT molecular complexity index is 905. The van der Waals surface area contributed by atoms with Crippen LogP contribution in [0, 0.1) is 5.92 Å². The average Bonchev–Trinajstić information content (AvgIpc) is 2.86. The number of hydrogen-bond acceptors (Lipinski definition) is 4. The van der Waals surface area contributed by atoms with Crippen molar-refractivity contribution < 1.29 is 9.53 Å². The predicted molar refractivity (Wildman–Crippen MR) is 92.3 cm³/mol. The monoisotopic (exact) mass is 329 g/mol. The maximum atomic E-state index is 12.1. The third kappa shape index (κ3) is 3.62. The fraction of sp³-hybridized carbons (Fsp3) is 0.333. The van der Waals surface area contributed by atoms with Crippen molar-refractivity contribution in [1.82, 2.24) is 4.98 Å². The number of ether oxygens (including phenoxy) is 1. The minimum atomic E-state index is -0.160. The number of ketones is 1. The fourth-order valence-corrected chi connectivity index (χ4v) is 3.34. The van der Waals surface area contributed by atoms with Crippen LogP contribution < -0.4 is 19.5 Å². The van der Waals surface area contributed by atoms with Crippen LogP contribution in [0.15, 0.2) is 23.0 Å². The van der Waals surface area contributed by atoms with Gasteiger partial charge in [-0.3, -0.25) is 9.59 Å². The van der Waals surface area contributed by atoms with Crippen LogP contribution in [-0.4, -0.2) is 17.4 Å². The van der Waals surface area contributed by atoms with Crippen molar-refractivity contribution >= 4 is 29.3 Å². The number of benzene rings is 1. The lowest BCUT2D eigenvalue weighted by Gasteiger charge is -2.17. The molecule has 2 heterocycles. The molecule has 5 heteroatoms. The first-order valence-electron chi connectivity index (χ1n) is 7.75. The van der Waals surface area contributed by atoms with Crippen LogP contribution in [0.3, 0.4) is 0 Å². The summed E-state index contributed by atoms with van der Waals surface area (Å²) in [6.45, 7) is 4.45. The standard InChI is InChI=1S/C18H19NO3S/c1-11(2)14(20)10-17-19-18(21)16(23-17)9-12-5-6-15-13(8-12)4-3-7-22-15/h5-6,8-11H,3-4,7H2,1-2H3,(H,19,21)/b16-9-,17-10+. The average molecular weight is 329 g/mol. The SMILES string of the molecule is CC(C)C(=O)/C=c1\[nH]c(=O)/c(=C/c2ccc3c(c2)CCCO3)s1. The highest BCUT2D eigenvalue weighted by Gasteiger charge is 2.10. The molecule has 0 amide bonds. The maximum absolute atomic E-state index is 12.1. The first-order valence-corrected chi connectivity index (χ1v) is 8.57. The lowest BCUT2D eigenvalue weighted by molar-refractivity contribution is -0.115. The summed E-state index contributed by atoms with van der Waals surface area (Å²) in [7, 11) is 0. The van der Waals surface area contributed by atoms with Gasteiger partial charge in [0.05, 0.1) is 15.8 Å². The molecule has 0 atom stereocenters. The third-order valence-electron chi connectivity index (χ3n) is 3.75. The van der Waals surface area contributed by atoms with Gasteiger partial charge in [-0.05, 0) is 42.2 Å². The van der Waals surface area contributed by atoms with Gasteiger partial charge in [-0.1, -0.05) is 19.9 Å². The Balaban J connectivity index is 1.99. The Hall–Kier alpha value is -2.14. The number of aromatic nitrogens is 1. The number of carbonyl (C=O) groups is 1. The zero-order valence-electron chi connectivity index (χ0n) is 13.2. The number of aryl methyl sites for hydroxylation is 1. The van der Waals surface area contributed by atoms with Crippen molar-refractivity contribution in [3.63, 3.8) is 0 Å². The second-order valence-electron chi connectivity index (χ2n) is 5.95. The zero-order valence-corrected chi connectivity index (χ0v) is 14.0. The van der Waals surface area contributed by atoms with Crippen molar-refractivity contribution in [3.05, 3.63) is 48.9 Å². The number of rotatable bonds is 3. The summed E-state index contributed by atoms with van der Waals surface area (Å²) < 4.78 is 6.80. The summed E-state index contributed by atoms with van der Waals surface area (Å²) in [5.74, 6) is 0.874. The number of carbonyl (C=O) groups excluding carboxylic acids is 1. The van der Waals surface area contributed by atoms with Gasteiger partial charge in [0.15, 0.2) is 5.78 Å². The molecule has 1 aliphatic rings.